The van der Waals surface area contributed by atoms with Crippen molar-refractivity contribution in [3.8, 4) is 0 Å². The van der Waals surface area contributed by atoms with E-state index in [-0.39, 0.29) is 11.5 Å². The summed E-state index contributed by atoms with van der Waals surface area (Å²) in [6.07, 6.45) is 0.661. The Balaban J connectivity index is 2.57. The molecule has 0 bridgehead atoms. The van der Waals surface area contributed by atoms with Crippen LogP contribution < -0.4 is 5.73 Å². The van der Waals surface area contributed by atoms with Gasteiger partial charge in [0.1, 0.15) is 0 Å². The van der Waals surface area contributed by atoms with Crippen LogP contribution in [-0.4, -0.2) is 23.4 Å². The van der Waals surface area contributed by atoms with Gasteiger partial charge < -0.3 is 15.0 Å². The maximum absolute atomic E-state index is 6.01. The van der Waals surface area contributed by atoms with Crippen LogP contribution in [0.5, 0.6) is 0 Å². The molecule has 0 amide bonds. The molecule has 0 spiro atoms. The minimum absolute atomic E-state index is 0.0796. The molecule has 92 valence electrons. The summed E-state index contributed by atoms with van der Waals surface area (Å²) < 4.78 is 10.4. The van der Waals surface area contributed by atoms with E-state index in [0.29, 0.717) is 31.3 Å². The molecule has 16 heavy (non-hydrogen) atoms. The van der Waals surface area contributed by atoms with Gasteiger partial charge in [0.15, 0.2) is 5.82 Å². The van der Waals surface area contributed by atoms with Crippen LogP contribution >= 0.6 is 0 Å². The first-order valence-corrected chi connectivity index (χ1v) is 5.61. The molecule has 0 unspecified atom stereocenters. The quantitative estimate of drug-likeness (QED) is 0.775. The van der Waals surface area contributed by atoms with Gasteiger partial charge in [0.2, 0.25) is 5.89 Å². The second kappa shape index (κ2) is 5.41. The maximum Gasteiger partial charge on any atom is 0.244 e. The van der Waals surface area contributed by atoms with E-state index in [1.54, 1.807) is 0 Å². The molecule has 1 rings (SSSR count). The molecule has 5 heteroatoms. The van der Waals surface area contributed by atoms with Gasteiger partial charge in [-0.15, -0.1) is 0 Å². The number of nitrogens with two attached hydrogens (primary N) is 1. The van der Waals surface area contributed by atoms with E-state index in [0.717, 1.165) is 0 Å². The fourth-order valence-electron chi connectivity index (χ4n) is 1.17. The first-order valence-electron chi connectivity index (χ1n) is 5.61. The molecular formula is C11H21N3O2. The van der Waals surface area contributed by atoms with E-state index in [4.69, 9.17) is 15.0 Å². The topological polar surface area (TPSA) is 74.2 Å². The van der Waals surface area contributed by atoms with Gasteiger partial charge in [0.05, 0.1) is 12.6 Å². The first kappa shape index (κ1) is 13.1. The van der Waals surface area contributed by atoms with Gasteiger partial charge in [-0.3, -0.25) is 0 Å². The molecule has 0 aliphatic carbocycles. The molecule has 1 heterocycles. The van der Waals surface area contributed by atoms with Gasteiger partial charge in [-0.05, 0) is 12.3 Å². The Hall–Kier alpha value is -0.940. The lowest BCUT2D eigenvalue weighted by Crippen LogP contribution is -2.26. The van der Waals surface area contributed by atoms with Gasteiger partial charge in [-0.25, -0.2) is 0 Å². The third kappa shape index (κ3) is 3.57. The molecule has 1 aromatic heterocycles. The van der Waals surface area contributed by atoms with Gasteiger partial charge in [0, 0.05) is 13.0 Å². The molecule has 0 saturated heterocycles. The normalized spacial score (nSPS) is 14.1. The van der Waals surface area contributed by atoms with E-state index in [1.165, 1.54) is 0 Å². The lowest BCUT2D eigenvalue weighted by molar-refractivity contribution is 0.149. The molecule has 0 radical (unpaired) electrons. The second-order valence-electron chi connectivity index (χ2n) is 4.84. The Labute approximate surface area is 96.4 Å². The smallest absolute Gasteiger partial charge is 0.244 e. The number of ether oxygens (including phenoxy) is 1. The lowest BCUT2D eigenvalue weighted by atomic mass is 9.87. The highest BCUT2D eigenvalue weighted by Gasteiger charge is 2.27. The summed E-state index contributed by atoms with van der Waals surface area (Å²) in [5.74, 6) is 1.15. The summed E-state index contributed by atoms with van der Waals surface area (Å²) in [5, 5.41) is 3.88. The summed E-state index contributed by atoms with van der Waals surface area (Å²) in [5.41, 5.74) is 5.93. The zero-order valence-electron chi connectivity index (χ0n) is 10.5. The highest BCUT2D eigenvalue weighted by Crippen LogP contribution is 2.29. The first-order chi connectivity index (χ1) is 7.45. The SMILES string of the molecule is CCOCCc1noc([C@@H](N)C(C)(C)C)n1. The summed E-state index contributed by atoms with van der Waals surface area (Å²) in [4.78, 5) is 4.27. The Morgan fingerprint density at radius 1 is 1.44 bits per heavy atom. The van der Waals surface area contributed by atoms with Crippen molar-refractivity contribution in [1.29, 1.82) is 0 Å². The van der Waals surface area contributed by atoms with E-state index in [2.05, 4.69) is 10.1 Å². The zero-order valence-corrected chi connectivity index (χ0v) is 10.5. The summed E-state index contributed by atoms with van der Waals surface area (Å²) in [6.45, 7) is 9.40. The van der Waals surface area contributed by atoms with Crippen LogP contribution in [0.25, 0.3) is 0 Å². The third-order valence-corrected chi connectivity index (χ3v) is 2.36. The van der Waals surface area contributed by atoms with E-state index >= 15 is 0 Å². The standard InChI is InChI=1S/C11H21N3O2/c1-5-15-7-6-8-13-10(16-14-8)9(12)11(2,3)4/h9H,5-7,12H2,1-4H3/t9-/m1/s1. The highest BCUT2D eigenvalue weighted by atomic mass is 16.5. The van der Waals surface area contributed by atoms with Gasteiger partial charge in [-0.2, -0.15) is 4.98 Å². The van der Waals surface area contributed by atoms with Crippen LogP contribution in [0.15, 0.2) is 4.52 Å². The van der Waals surface area contributed by atoms with E-state index in [9.17, 15) is 0 Å². The summed E-state index contributed by atoms with van der Waals surface area (Å²) in [7, 11) is 0. The van der Waals surface area contributed by atoms with Gasteiger partial charge in [0.25, 0.3) is 0 Å². The number of hydrogen-bond acceptors (Lipinski definition) is 5. The van der Waals surface area contributed by atoms with Crippen LogP contribution in [0, 0.1) is 5.41 Å². The predicted molar refractivity (Wildman–Crippen MR) is 60.9 cm³/mol. The molecular weight excluding hydrogens is 206 g/mol. The Morgan fingerprint density at radius 2 is 2.12 bits per heavy atom. The van der Waals surface area contributed by atoms with Crippen molar-refractivity contribution in [3.05, 3.63) is 11.7 Å². The largest absolute Gasteiger partial charge is 0.381 e. The van der Waals surface area contributed by atoms with Gasteiger partial charge >= 0.3 is 0 Å². The van der Waals surface area contributed by atoms with Gasteiger partial charge in [-0.1, -0.05) is 25.9 Å². The molecule has 0 aromatic carbocycles. The molecule has 0 aliphatic heterocycles. The molecule has 1 aromatic rings. The average Bonchev–Trinajstić information content (AvgIpc) is 2.64. The number of rotatable bonds is 5. The van der Waals surface area contributed by atoms with E-state index in [1.807, 2.05) is 27.7 Å². The Morgan fingerprint density at radius 3 is 2.69 bits per heavy atom. The van der Waals surface area contributed by atoms with Crippen LogP contribution in [-0.2, 0) is 11.2 Å². The minimum Gasteiger partial charge on any atom is -0.381 e. The molecule has 0 saturated carbocycles. The minimum atomic E-state index is -0.235. The van der Waals surface area contributed by atoms with Crippen molar-refractivity contribution >= 4 is 0 Å². The van der Waals surface area contributed by atoms with E-state index < -0.39 is 0 Å². The lowest BCUT2D eigenvalue weighted by Gasteiger charge is -2.23. The van der Waals surface area contributed by atoms with Crippen molar-refractivity contribution in [1.82, 2.24) is 10.1 Å². The van der Waals surface area contributed by atoms with Crippen molar-refractivity contribution in [2.45, 2.75) is 40.2 Å². The monoisotopic (exact) mass is 227 g/mol. The van der Waals surface area contributed by atoms with Crippen molar-refractivity contribution < 1.29 is 9.26 Å². The number of hydrogen-bond donors (Lipinski definition) is 1. The zero-order chi connectivity index (χ0) is 12.2. The maximum atomic E-state index is 6.01. The van der Waals surface area contributed by atoms with Crippen molar-refractivity contribution in [2.24, 2.45) is 11.1 Å². The third-order valence-electron chi connectivity index (χ3n) is 2.36. The molecule has 1 atom stereocenters. The number of nitrogens with zero attached hydrogens (tertiary/aromatic N) is 2. The average molecular weight is 227 g/mol. The Bertz CT molecular complexity index is 317. The van der Waals surface area contributed by atoms with Crippen LogP contribution in [0.2, 0.25) is 0 Å². The van der Waals surface area contributed by atoms with Crippen LogP contribution in [0.3, 0.4) is 0 Å². The molecule has 0 fully saturated rings. The van der Waals surface area contributed by atoms with Crippen LogP contribution in [0.4, 0.5) is 0 Å². The van der Waals surface area contributed by atoms with Crippen molar-refractivity contribution in [2.75, 3.05) is 13.2 Å². The molecule has 2 N–H and O–H groups in total. The fourth-order valence-corrected chi connectivity index (χ4v) is 1.17. The Kier molecular flexibility index (Phi) is 4.44. The summed E-state index contributed by atoms with van der Waals surface area (Å²) >= 11 is 0. The highest BCUT2D eigenvalue weighted by molar-refractivity contribution is 4.96. The molecule has 5 nitrogen and oxygen atoms in total. The fraction of sp³-hybridized carbons (Fsp3) is 0.818. The molecule has 0 aliphatic rings. The summed E-state index contributed by atoms with van der Waals surface area (Å²) in [6, 6.07) is -0.235. The second-order valence-corrected chi connectivity index (χ2v) is 4.84. The van der Waals surface area contributed by atoms with Crippen LogP contribution in [0.1, 0.15) is 45.5 Å². The van der Waals surface area contributed by atoms with Crippen molar-refractivity contribution in [3.63, 3.8) is 0 Å². The number of aromatic nitrogens is 2. The predicted octanol–water partition coefficient (Wildman–Crippen LogP) is 1.69.